The molecule has 1 aliphatic rings. The Morgan fingerprint density at radius 3 is 2.28 bits per heavy atom. The van der Waals surface area contributed by atoms with Crippen LogP contribution in [0.2, 0.25) is 5.02 Å². The molecule has 0 atom stereocenters. The summed E-state index contributed by atoms with van der Waals surface area (Å²) in [7, 11) is -3.61. The molecule has 1 heterocycles. The minimum Gasteiger partial charge on any atom is -0.490 e. The van der Waals surface area contributed by atoms with Crippen LogP contribution in [0.1, 0.15) is 12.8 Å². The van der Waals surface area contributed by atoms with E-state index >= 15 is 0 Å². The Morgan fingerprint density at radius 2 is 1.66 bits per heavy atom. The van der Waals surface area contributed by atoms with E-state index in [0.717, 1.165) is 0 Å². The Bertz CT molecular complexity index is 926. The molecule has 0 aliphatic carbocycles. The van der Waals surface area contributed by atoms with Crippen LogP contribution >= 0.6 is 11.6 Å². The summed E-state index contributed by atoms with van der Waals surface area (Å²) >= 11 is 5.81. The van der Waals surface area contributed by atoms with Crippen LogP contribution in [0.4, 0.5) is 4.39 Å². The van der Waals surface area contributed by atoms with Crippen LogP contribution in [0.25, 0.3) is 0 Å². The lowest BCUT2D eigenvalue weighted by molar-refractivity contribution is -0.150. The zero-order valence-corrected chi connectivity index (χ0v) is 17.2. The highest BCUT2D eigenvalue weighted by atomic mass is 35.5. The molecule has 0 unspecified atom stereocenters. The predicted molar refractivity (Wildman–Crippen MR) is 106 cm³/mol. The smallest absolute Gasteiger partial charge is 0.309 e. The number of hydrogen-bond acceptors (Lipinski definition) is 5. The summed E-state index contributed by atoms with van der Waals surface area (Å²) in [6.07, 6.45) is 0.787. The van der Waals surface area contributed by atoms with Gasteiger partial charge in [-0.25, -0.2) is 12.8 Å². The van der Waals surface area contributed by atoms with Crippen LogP contribution in [0, 0.1) is 11.7 Å². The van der Waals surface area contributed by atoms with Crippen molar-refractivity contribution in [1.29, 1.82) is 0 Å². The average Bonchev–Trinajstić information content (AvgIpc) is 2.73. The van der Waals surface area contributed by atoms with Gasteiger partial charge in [-0.2, -0.15) is 4.31 Å². The molecule has 0 saturated carbocycles. The highest BCUT2D eigenvalue weighted by Gasteiger charge is 2.32. The van der Waals surface area contributed by atoms with Crippen LogP contribution in [0.5, 0.6) is 5.75 Å². The fourth-order valence-corrected chi connectivity index (χ4v) is 4.63. The summed E-state index contributed by atoms with van der Waals surface area (Å²) in [6.45, 7) is 0.717. The van der Waals surface area contributed by atoms with Gasteiger partial charge in [0.25, 0.3) is 0 Å². The number of rotatable bonds is 7. The largest absolute Gasteiger partial charge is 0.490 e. The molecule has 0 aromatic heterocycles. The van der Waals surface area contributed by atoms with Gasteiger partial charge in [0.2, 0.25) is 10.0 Å². The molecule has 2 aromatic carbocycles. The third-order valence-electron chi connectivity index (χ3n) is 4.65. The van der Waals surface area contributed by atoms with E-state index in [0.29, 0.717) is 23.6 Å². The summed E-state index contributed by atoms with van der Waals surface area (Å²) in [5.74, 6) is -0.579. The minimum atomic E-state index is -3.61. The molecule has 3 rings (SSSR count). The Balaban J connectivity index is 1.43. The van der Waals surface area contributed by atoms with Crippen molar-refractivity contribution in [3.05, 3.63) is 59.4 Å². The second-order valence-electron chi connectivity index (χ2n) is 6.60. The van der Waals surface area contributed by atoms with Gasteiger partial charge < -0.3 is 9.47 Å². The number of esters is 1. The van der Waals surface area contributed by atoms with E-state index in [2.05, 4.69) is 0 Å². The molecule has 0 spiro atoms. The van der Waals surface area contributed by atoms with Crippen molar-refractivity contribution in [3.63, 3.8) is 0 Å². The van der Waals surface area contributed by atoms with Crippen molar-refractivity contribution in [2.75, 3.05) is 26.3 Å². The van der Waals surface area contributed by atoms with Crippen LogP contribution in [0.3, 0.4) is 0 Å². The summed E-state index contributed by atoms with van der Waals surface area (Å²) < 4.78 is 50.1. The van der Waals surface area contributed by atoms with Crippen molar-refractivity contribution in [1.82, 2.24) is 4.31 Å². The Morgan fingerprint density at radius 1 is 1.03 bits per heavy atom. The van der Waals surface area contributed by atoms with Gasteiger partial charge in [0.1, 0.15) is 24.8 Å². The molecular weight excluding hydrogens is 421 g/mol. The summed E-state index contributed by atoms with van der Waals surface area (Å²) in [6, 6.07) is 11.6. The molecule has 1 fully saturated rings. The van der Waals surface area contributed by atoms with E-state index < -0.39 is 10.0 Å². The number of sulfonamides is 1. The zero-order chi connectivity index (χ0) is 20.9. The van der Waals surface area contributed by atoms with Crippen LogP contribution < -0.4 is 4.74 Å². The molecule has 0 N–H and O–H groups in total. The fourth-order valence-electron chi connectivity index (χ4n) is 3.04. The molecule has 6 nitrogen and oxygen atoms in total. The lowest BCUT2D eigenvalue weighted by atomic mass is 9.98. The van der Waals surface area contributed by atoms with Crippen LogP contribution in [0.15, 0.2) is 53.4 Å². The van der Waals surface area contributed by atoms with Gasteiger partial charge in [-0.15, -0.1) is 0 Å². The first-order chi connectivity index (χ1) is 13.9. The summed E-state index contributed by atoms with van der Waals surface area (Å²) in [4.78, 5) is 12.4. The molecule has 156 valence electrons. The van der Waals surface area contributed by atoms with Gasteiger partial charge in [0.05, 0.1) is 10.8 Å². The van der Waals surface area contributed by atoms with Gasteiger partial charge in [0.15, 0.2) is 0 Å². The normalized spacial score (nSPS) is 15.8. The van der Waals surface area contributed by atoms with Crippen molar-refractivity contribution in [2.24, 2.45) is 5.92 Å². The molecule has 0 radical (unpaired) electrons. The molecule has 0 bridgehead atoms. The molecule has 29 heavy (non-hydrogen) atoms. The number of carbonyl (C=O) groups is 1. The SMILES string of the molecule is O=C(OCCOc1ccc(F)cc1)C1CCN(S(=O)(=O)c2ccc(Cl)cc2)CC1. The maximum absolute atomic E-state index is 12.8. The maximum atomic E-state index is 12.8. The van der Waals surface area contributed by atoms with Crippen molar-refractivity contribution in [3.8, 4) is 5.75 Å². The number of ether oxygens (including phenoxy) is 2. The first-order valence-electron chi connectivity index (χ1n) is 9.17. The molecule has 0 amide bonds. The van der Waals surface area contributed by atoms with Crippen molar-refractivity contribution in [2.45, 2.75) is 17.7 Å². The predicted octanol–water partition coefficient (Wildman–Crippen LogP) is 3.50. The van der Waals surface area contributed by atoms with Gasteiger partial charge in [-0.05, 0) is 61.4 Å². The number of hydrogen-bond donors (Lipinski definition) is 0. The quantitative estimate of drug-likeness (QED) is 0.485. The molecule has 9 heteroatoms. The maximum Gasteiger partial charge on any atom is 0.309 e. The van der Waals surface area contributed by atoms with E-state index in [4.69, 9.17) is 21.1 Å². The lowest BCUT2D eigenvalue weighted by Gasteiger charge is -2.30. The Hall–Kier alpha value is -2.16. The van der Waals surface area contributed by atoms with Gasteiger partial charge >= 0.3 is 5.97 Å². The summed E-state index contributed by atoms with van der Waals surface area (Å²) in [5.41, 5.74) is 0. The van der Waals surface area contributed by atoms with Gasteiger partial charge in [0, 0.05) is 18.1 Å². The highest BCUT2D eigenvalue weighted by molar-refractivity contribution is 7.89. The van der Waals surface area contributed by atoms with Gasteiger partial charge in [-0.1, -0.05) is 11.6 Å². The third kappa shape index (κ3) is 5.68. The molecular formula is C20H21ClFNO5S. The van der Waals surface area contributed by atoms with E-state index in [1.54, 1.807) is 0 Å². The number of halogens is 2. The van der Waals surface area contributed by atoms with E-state index in [1.165, 1.54) is 52.8 Å². The first kappa shape index (κ1) is 21.5. The Labute approximate surface area is 174 Å². The van der Waals surface area contributed by atoms with Crippen LogP contribution in [-0.4, -0.2) is 45.0 Å². The second kappa shape index (κ2) is 9.56. The monoisotopic (exact) mass is 441 g/mol. The second-order valence-corrected chi connectivity index (χ2v) is 8.98. The van der Waals surface area contributed by atoms with Crippen molar-refractivity contribution < 1.29 is 27.1 Å². The number of piperidine rings is 1. The molecule has 1 saturated heterocycles. The minimum absolute atomic E-state index is 0.0689. The topological polar surface area (TPSA) is 72.9 Å². The van der Waals surface area contributed by atoms with E-state index in [-0.39, 0.29) is 48.9 Å². The first-order valence-corrected chi connectivity index (χ1v) is 11.0. The summed E-state index contributed by atoms with van der Waals surface area (Å²) in [5, 5.41) is 0.466. The lowest BCUT2D eigenvalue weighted by Crippen LogP contribution is -2.40. The number of nitrogens with zero attached hydrogens (tertiary/aromatic N) is 1. The van der Waals surface area contributed by atoms with E-state index in [1.807, 2.05) is 0 Å². The highest BCUT2D eigenvalue weighted by Crippen LogP contribution is 2.25. The zero-order valence-electron chi connectivity index (χ0n) is 15.6. The standard InChI is InChI=1S/C20H21ClFNO5S/c21-16-1-7-19(8-2-16)29(25,26)23-11-9-15(10-12-23)20(24)28-14-13-27-18-5-3-17(22)4-6-18/h1-8,15H,9-14H2. The fraction of sp³-hybridized carbons (Fsp3) is 0.350. The van der Waals surface area contributed by atoms with Crippen LogP contribution in [-0.2, 0) is 19.6 Å². The van der Waals surface area contributed by atoms with E-state index in [9.17, 15) is 17.6 Å². The number of benzene rings is 2. The van der Waals surface area contributed by atoms with Gasteiger partial charge in [-0.3, -0.25) is 4.79 Å². The molecule has 2 aromatic rings. The molecule has 1 aliphatic heterocycles. The average molecular weight is 442 g/mol. The number of carbonyl (C=O) groups excluding carboxylic acids is 1. The third-order valence-corrected chi connectivity index (χ3v) is 6.81. The van der Waals surface area contributed by atoms with Crippen molar-refractivity contribution >= 4 is 27.6 Å². The Kier molecular flexibility index (Phi) is 7.10.